The van der Waals surface area contributed by atoms with Gasteiger partial charge in [-0.25, -0.2) is 0 Å². The van der Waals surface area contributed by atoms with Crippen molar-refractivity contribution >= 4 is 17.9 Å². The van der Waals surface area contributed by atoms with Crippen molar-refractivity contribution in [3.63, 3.8) is 0 Å². The minimum atomic E-state index is -0.495. The van der Waals surface area contributed by atoms with Crippen molar-refractivity contribution in [1.82, 2.24) is 10.6 Å². The molecule has 1 aromatic carbocycles. The van der Waals surface area contributed by atoms with E-state index in [2.05, 4.69) is 10.6 Å². The van der Waals surface area contributed by atoms with Gasteiger partial charge in [0.15, 0.2) is 0 Å². The van der Waals surface area contributed by atoms with E-state index in [1.807, 2.05) is 12.1 Å². The Bertz CT molecular complexity index is 505. The van der Waals surface area contributed by atoms with E-state index in [9.17, 15) is 9.59 Å². The summed E-state index contributed by atoms with van der Waals surface area (Å²) in [6.45, 7) is 1.64. The third-order valence-electron chi connectivity index (χ3n) is 2.67. The first-order chi connectivity index (χ1) is 8.60. The average molecular weight is 246 g/mol. The van der Waals surface area contributed by atoms with Crippen molar-refractivity contribution in [2.24, 2.45) is 0 Å². The lowest BCUT2D eigenvalue weighted by Crippen LogP contribution is -2.53. The zero-order valence-electron chi connectivity index (χ0n) is 10.2. The minimum Gasteiger partial charge on any atom is -0.497 e. The molecule has 0 bridgehead atoms. The van der Waals surface area contributed by atoms with Crippen molar-refractivity contribution in [3.8, 4) is 5.75 Å². The molecule has 1 saturated heterocycles. The molecule has 1 aliphatic heterocycles. The molecule has 0 radical (unpaired) electrons. The molecule has 1 heterocycles. The molecule has 0 spiro atoms. The highest BCUT2D eigenvalue weighted by Gasteiger charge is 2.25. The molecule has 1 aliphatic rings. The smallest absolute Gasteiger partial charge is 0.268 e. The molecule has 94 valence electrons. The lowest BCUT2D eigenvalue weighted by atomic mass is 10.1. The molecule has 0 saturated carbocycles. The van der Waals surface area contributed by atoms with E-state index >= 15 is 0 Å². The van der Waals surface area contributed by atoms with E-state index < -0.39 is 6.04 Å². The summed E-state index contributed by atoms with van der Waals surface area (Å²) in [5.74, 6) is 0.246. The Balaban J connectivity index is 2.21. The molecule has 1 atom stereocenters. The molecule has 5 nitrogen and oxygen atoms in total. The fraction of sp³-hybridized carbons (Fsp3) is 0.231. The summed E-state index contributed by atoms with van der Waals surface area (Å²) in [5.41, 5.74) is 1.07. The number of piperazine rings is 1. The van der Waals surface area contributed by atoms with Gasteiger partial charge < -0.3 is 15.4 Å². The van der Waals surface area contributed by atoms with Gasteiger partial charge in [0.2, 0.25) is 5.91 Å². The number of carbonyl (C=O) groups excluding carboxylic acids is 2. The Morgan fingerprint density at radius 3 is 2.50 bits per heavy atom. The average Bonchev–Trinajstić information content (AvgIpc) is 2.37. The monoisotopic (exact) mass is 246 g/mol. The number of carbonyl (C=O) groups is 2. The molecule has 0 aromatic heterocycles. The maximum atomic E-state index is 11.7. The predicted molar refractivity (Wildman–Crippen MR) is 66.7 cm³/mol. The molecule has 2 N–H and O–H groups in total. The summed E-state index contributed by atoms with van der Waals surface area (Å²) in [5, 5.41) is 5.15. The standard InChI is InChI=1S/C13H14N2O3/c1-8-12(16)15-11(13(17)14-8)7-9-3-5-10(18-2)6-4-9/h3-8H,1-2H3,(H,14,17)(H,15,16)/t8-/m1/s1. The molecule has 1 aromatic rings. The van der Waals surface area contributed by atoms with Crippen molar-refractivity contribution in [2.45, 2.75) is 13.0 Å². The van der Waals surface area contributed by atoms with Crippen LogP contribution in [0.3, 0.4) is 0 Å². The van der Waals surface area contributed by atoms with Gasteiger partial charge in [0.05, 0.1) is 7.11 Å². The third kappa shape index (κ3) is 2.51. The number of hydrogen-bond donors (Lipinski definition) is 2. The first kappa shape index (κ1) is 12.2. The van der Waals surface area contributed by atoms with Crippen molar-refractivity contribution in [1.29, 1.82) is 0 Å². The number of nitrogens with one attached hydrogen (secondary N) is 2. The third-order valence-corrected chi connectivity index (χ3v) is 2.67. The van der Waals surface area contributed by atoms with Crippen LogP contribution in [0.2, 0.25) is 0 Å². The lowest BCUT2D eigenvalue weighted by molar-refractivity contribution is -0.130. The molecule has 0 aliphatic carbocycles. The van der Waals surface area contributed by atoms with Gasteiger partial charge in [-0.1, -0.05) is 12.1 Å². The fourth-order valence-corrected chi connectivity index (χ4v) is 1.61. The maximum absolute atomic E-state index is 11.7. The van der Waals surface area contributed by atoms with Gasteiger partial charge >= 0.3 is 0 Å². The van der Waals surface area contributed by atoms with Gasteiger partial charge in [0.1, 0.15) is 17.5 Å². The van der Waals surface area contributed by atoms with Crippen LogP contribution in [0, 0.1) is 0 Å². The van der Waals surface area contributed by atoms with Crippen LogP contribution in [0.4, 0.5) is 0 Å². The first-order valence-electron chi connectivity index (χ1n) is 5.57. The molecule has 18 heavy (non-hydrogen) atoms. The van der Waals surface area contributed by atoms with Crippen LogP contribution in [0.25, 0.3) is 6.08 Å². The number of rotatable bonds is 2. The van der Waals surface area contributed by atoms with Crippen molar-refractivity contribution < 1.29 is 14.3 Å². The maximum Gasteiger partial charge on any atom is 0.268 e. The van der Waals surface area contributed by atoms with Crippen molar-refractivity contribution in [2.75, 3.05) is 7.11 Å². The van der Waals surface area contributed by atoms with Gasteiger partial charge in [-0.2, -0.15) is 0 Å². The Hall–Kier alpha value is -2.30. The van der Waals surface area contributed by atoms with Gasteiger partial charge in [0.25, 0.3) is 5.91 Å². The van der Waals surface area contributed by atoms with E-state index in [0.717, 1.165) is 11.3 Å². The van der Waals surface area contributed by atoms with Crippen LogP contribution >= 0.6 is 0 Å². The second-order valence-corrected chi connectivity index (χ2v) is 4.02. The number of methoxy groups -OCH3 is 1. The zero-order chi connectivity index (χ0) is 13.1. The highest BCUT2D eigenvalue weighted by molar-refractivity contribution is 6.07. The summed E-state index contributed by atoms with van der Waals surface area (Å²) < 4.78 is 5.04. The first-order valence-corrected chi connectivity index (χ1v) is 5.57. The highest BCUT2D eigenvalue weighted by atomic mass is 16.5. The lowest BCUT2D eigenvalue weighted by Gasteiger charge is -2.21. The largest absolute Gasteiger partial charge is 0.497 e. The van der Waals surface area contributed by atoms with Gasteiger partial charge in [-0.15, -0.1) is 0 Å². The fourth-order valence-electron chi connectivity index (χ4n) is 1.61. The second kappa shape index (κ2) is 4.91. The van der Waals surface area contributed by atoms with Crippen LogP contribution in [0.15, 0.2) is 30.0 Å². The van der Waals surface area contributed by atoms with E-state index in [1.54, 1.807) is 32.2 Å². The molecule has 2 rings (SSSR count). The Morgan fingerprint density at radius 2 is 1.89 bits per heavy atom. The number of hydrogen-bond acceptors (Lipinski definition) is 3. The molecular formula is C13H14N2O3. The minimum absolute atomic E-state index is 0.214. The molecule has 0 unspecified atom stereocenters. The SMILES string of the molecule is COc1ccc(C=C2NC(=O)[C@@H](C)NC2=O)cc1. The Labute approximate surface area is 105 Å². The Morgan fingerprint density at radius 1 is 1.22 bits per heavy atom. The van der Waals surface area contributed by atoms with E-state index in [0.29, 0.717) is 0 Å². The van der Waals surface area contributed by atoms with E-state index in [1.165, 1.54) is 0 Å². The summed E-state index contributed by atoms with van der Waals surface area (Å²) in [6, 6.07) is 6.70. The summed E-state index contributed by atoms with van der Waals surface area (Å²) in [4.78, 5) is 23.1. The van der Waals surface area contributed by atoms with Gasteiger partial charge in [-0.3, -0.25) is 9.59 Å². The van der Waals surface area contributed by atoms with Gasteiger partial charge in [-0.05, 0) is 30.7 Å². The topological polar surface area (TPSA) is 67.4 Å². The van der Waals surface area contributed by atoms with Crippen LogP contribution in [-0.2, 0) is 9.59 Å². The summed E-state index contributed by atoms with van der Waals surface area (Å²) in [7, 11) is 1.59. The molecule has 1 fully saturated rings. The summed E-state index contributed by atoms with van der Waals surface area (Å²) >= 11 is 0. The zero-order valence-corrected chi connectivity index (χ0v) is 10.2. The normalized spacial score (nSPS) is 21.4. The number of benzene rings is 1. The quantitative estimate of drug-likeness (QED) is 0.754. The van der Waals surface area contributed by atoms with Gasteiger partial charge in [0, 0.05) is 0 Å². The summed E-state index contributed by atoms with van der Waals surface area (Å²) in [6.07, 6.45) is 1.62. The molecular weight excluding hydrogens is 232 g/mol. The van der Waals surface area contributed by atoms with Crippen LogP contribution < -0.4 is 15.4 Å². The molecule has 5 heteroatoms. The van der Waals surface area contributed by atoms with Crippen LogP contribution in [0.1, 0.15) is 12.5 Å². The van der Waals surface area contributed by atoms with E-state index in [4.69, 9.17) is 4.74 Å². The van der Waals surface area contributed by atoms with E-state index in [-0.39, 0.29) is 17.5 Å². The van der Waals surface area contributed by atoms with Crippen molar-refractivity contribution in [3.05, 3.63) is 35.5 Å². The Kier molecular flexibility index (Phi) is 3.32. The highest BCUT2D eigenvalue weighted by Crippen LogP contribution is 2.14. The number of ether oxygens (including phenoxy) is 1. The second-order valence-electron chi connectivity index (χ2n) is 4.02. The molecule has 2 amide bonds. The van der Waals surface area contributed by atoms with Crippen LogP contribution in [0.5, 0.6) is 5.75 Å². The number of amides is 2. The van der Waals surface area contributed by atoms with Crippen LogP contribution in [-0.4, -0.2) is 25.0 Å². The predicted octanol–water partition coefficient (Wildman–Crippen LogP) is 0.671.